The number of nitrogens with zero attached hydrogens (tertiary/aromatic N) is 1. The highest BCUT2D eigenvalue weighted by Crippen LogP contribution is 2.38. The van der Waals surface area contributed by atoms with Crippen molar-refractivity contribution in [2.75, 3.05) is 0 Å². The van der Waals surface area contributed by atoms with Gasteiger partial charge in [0, 0.05) is 0 Å². The Balaban J connectivity index is 3.52. The fourth-order valence-electron chi connectivity index (χ4n) is 1.19. The summed E-state index contributed by atoms with van der Waals surface area (Å²) in [4.78, 5) is 13.9. The first-order valence-electron chi connectivity index (χ1n) is 4.58. The largest absolute Gasteiger partial charge is 0.574 e. The molecule has 0 amide bonds. The second kappa shape index (κ2) is 5.65. The van der Waals surface area contributed by atoms with Crippen LogP contribution in [-0.2, 0) is 12.1 Å². The smallest absolute Gasteiger partial charge is 0.387 e. The Kier molecular flexibility index (Phi) is 4.75. The van der Waals surface area contributed by atoms with Crippen LogP contribution in [-0.4, -0.2) is 16.6 Å². The van der Waals surface area contributed by atoms with Crippen LogP contribution < -0.4 is 4.74 Å². The van der Waals surface area contributed by atoms with Crippen molar-refractivity contribution in [3.8, 4) is 5.88 Å². The molecule has 1 aromatic rings. The molecule has 0 bridgehead atoms. The third kappa shape index (κ3) is 4.14. The quantitative estimate of drug-likeness (QED) is 0.471. The molecule has 112 valence electrons. The lowest BCUT2D eigenvalue weighted by atomic mass is 10.1. The molecule has 0 radical (unpaired) electrons. The Morgan fingerprint density at radius 2 is 1.80 bits per heavy atom. The van der Waals surface area contributed by atoms with E-state index in [1.807, 2.05) is 0 Å². The number of hydrogen-bond acceptors (Lipinski definition) is 3. The van der Waals surface area contributed by atoms with E-state index in [9.17, 15) is 31.1 Å². The van der Waals surface area contributed by atoms with E-state index in [4.69, 9.17) is 23.2 Å². The molecule has 0 atom stereocenters. The molecule has 3 nitrogen and oxygen atoms in total. The molecule has 0 aliphatic rings. The molecule has 0 aliphatic heterocycles. The predicted octanol–water partition coefficient (Wildman–Crippen LogP) is 4.12. The summed E-state index contributed by atoms with van der Waals surface area (Å²) in [5.41, 5.74) is -3.19. The first-order valence-corrected chi connectivity index (χ1v) is 5.49. The molecule has 11 heteroatoms. The Morgan fingerprint density at radius 1 is 1.25 bits per heavy atom. The fraction of sp³-hybridized carbons (Fsp3) is 0.333. The number of alkyl halides is 7. The molecular weight excluding hydrogens is 339 g/mol. The van der Waals surface area contributed by atoms with Crippen molar-refractivity contribution in [3.63, 3.8) is 0 Å². The number of carbonyl (C=O) groups excluding carboxylic acids is 1. The van der Waals surface area contributed by atoms with E-state index < -0.39 is 46.4 Å². The fourth-order valence-corrected chi connectivity index (χ4v) is 1.56. The average Bonchev–Trinajstić information content (AvgIpc) is 2.24. The molecule has 0 aromatic carbocycles. The topological polar surface area (TPSA) is 39.2 Å². The highest BCUT2D eigenvalue weighted by atomic mass is 35.5. The lowest BCUT2D eigenvalue weighted by Crippen LogP contribution is -2.22. The molecule has 0 unspecified atom stereocenters. The Labute approximate surface area is 117 Å². The van der Waals surface area contributed by atoms with E-state index in [1.54, 1.807) is 0 Å². The van der Waals surface area contributed by atoms with Gasteiger partial charge in [-0.15, -0.1) is 24.8 Å². The van der Waals surface area contributed by atoms with E-state index in [-0.39, 0.29) is 6.07 Å². The van der Waals surface area contributed by atoms with Gasteiger partial charge >= 0.3 is 12.5 Å². The molecule has 0 spiro atoms. The number of carbonyl (C=O) groups is 1. The van der Waals surface area contributed by atoms with Gasteiger partial charge in [-0.2, -0.15) is 13.2 Å². The van der Waals surface area contributed by atoms with E-state index in [2.05, 4.69) is 9.72 Å². The van der Waals surface area contributed by atoms with Crippen LogP contribution in [0, 0.1) is 0 Å². The Bertz CT molecular complexity index is 528. The molecule has 1 rings (SSSR count). The molecule has 0 N–H and O–H groups in total. The standard InChI is InChI=1S/C9H3Cl2F6NO2/c10-2-5-3(6(11)19)1-4(8(12,13)14)7(18-5)20-9(15,16)17/h1H,2H2. The van der Waals surface area contributed by atoms with Gasteiger partial charge in [0.1, 0.15) is 5.56 Å². The number of pyridine rings is 1. The molecule has 0 saturated heterocycles. The number of ether oxygens (including phenoxy) is 1. The summed E-state index contributed by atoms with van der Waals surface area (Å²) in [6, 6.07) is 0.112. The van der Waals surface area contributed by atoms with Gasteiger partial charge in [0.2, 0.25) is 5.88 Å². The van der Waals surface area contributed by atoms with Crippen LogP contribution in [0.1, 0.15) is 21.6 Å². The summed E-state index contributed by atoms with van der Waals surface area (Å²) < 4.78 is 77.2. The summed E-state index contributed by atoms with van der Waals surface area (Å²) >= 11 is 10.3. The summed E-state index contributed by atoms with van der Waals surface area (Å²) in [5.74, 6) is -2.37. The van der Waals surface area contributed by atoms with Crippen LogP contribution >= 0.6 is 23.2 Å². The lowest BCUT2D eigenvalue weighted by molar-refractivity contribution is -0.277. The van der Waals surface area contributed by atoms with Gasteiger partial charge in [0.05, 0.1) is 17.1 Å². The van der Waals surface area contributed by atoms with Crippen molar-refractivity contribution in [2.45, 2.75) is 18.4 Å². The summed E-state index contributed by atoms with van der Waals surface area (Å²) in [5, 5.41) is -1.34. The van der Waals surface area contributed by atoms with E-state index >= 15 is 0 Å². The van der Waals surface area contributed by atoms with Gasteiger partial charge in [-0.05, 0) is 17.7 Å². The molecular formula is C9H3Cl2F6NO2. The van der Waals surface area contributed by atoms with Crippen molar-refractivity contribution in [1.29, 1.82) is 0 Å². The molecule has 20 heavy (non-hydrogen) atoms. The van der Waals surface area contributed by atoms with Gasteiger partial charge in [-0.3, -0.25) is 4.79 Å². The number of halogens is 8. The van der Waals surface area contributed by atoms with Crippen LogP contribution in [0.3, 0.4) is 0 Å². The number of rotatable bonds is 3. The molecule has 1 heterocycles. The highest BCUT2D eigenvalue weighted by molar-refractivity contribution is 6.68. The third-order valence-electron chi connectivity index (χ3n) is 1.92. The van der Waals surface area contributed by atoms with Crippen LogP contribution in [0.25, 0.3) is 0 Å². The highest BCUT2D eigenvalue weighted by Gasteiger charge is 2.41. The van der Waals surface area contributed by atoms with Gasteiger partial charge in [0.15, 0.2) is 0 Å². The van der Waals surface area contributed by atoms with Crippen molar-refractivity contribution < 1.29 is 35.9 Å². The van der Waals surface area contributed by atoms with Crippen molar-refractivity contribution in [1.82, 2.24) is 4.98 Å². The second-order valence-electron chi connectivity index (χ2n) is 3.29. The summed E-state index contributed by atoms with van der Waals surface area (Å²) in [6.07, 6.45) is -10.6. The van der Waals surface area contributed by atoms with E-state index in [0.717, 1.165) is 0 Å². The van der Waals surface area contributed by atoms with Gasteiger partial charge < -0.3 is 4.74 Å². The maximum Gasteiger partial charge on any atom is 0.574 e. The Hall–Kier alpha value is -1.22. The zero-order valence-corrected chi connectivity index (χ0v) is 10.6. The van der Waals surface area contributed by atoms with Crippen molar-refractivity contribution in [3.05, 3.63) is 22.9 Å². The normalized spacial score (nSPS) is 12.4. The molecule has 0 fully saturated rings. The Morgan fingerprint density at radius 3 is 2.15 bits per heavy atom. The minimum absolute atomic E-state index is 0.112. The second-order valence-corrected chi connectivity index (χ2v) is 3.90. The minimum atomic E-state index is -5.39. The van der Waals surface area contributed by atoms with Crippen LogP contribution in [0.5, 0.6) is 5.88 Å². The average molecular weight is 342 g/mol. The molecule has 0 aliphatic carbocycles. The van der Waals surface area contributed by atoms with Crippen molar-refractivity contribution >= 4 is 28.4 Å². The van der Waals surface area contributed by atoms with Gasteiger partial charge in [-0.25, -0.2) is 4.98 Å². The van der Waals surface area contributed by atoms with E-state index in [0.29, 0.717) is 0 Å². The predicted molar refractivity (Wildman–Crippen MR) is 55.7 cm³/mol. The first-order chi connectivity index (χ1) is 8.95. The van der Waals surface area contributed by atoms with Crippen molar-refractivity contribution in [2.24, 2.45) is 0 Å². The maximum atomic E-state index is 12.6. The molecule has 0 saturated carbocycles. The monoisotopic (exact) mass is 341 g/mol. The number of hydrogen-bond donors (Lipinski definition) is 0. The van der Waals surface area contributed by atoms with Gasteiger partial charge in [0.25, 0.3) is 5.24 Å². The lowest BCUT2D eigenvalue weighted by Gasteiger charge is -2.16. The molecule has 1 aromatic heterocycles. The van der Waals surface area contributed by atoms with Crippen LogP contribution in [0.2, 0.25) is 0 Å². The van der Waals surface area contributed by atoms with E-state index in [1.165, 1.54) is 0 Å². The summed E-state index contributed by atoms with van der Waals surface area (Å²) in [7, 11) is 0. The van der Waals surface area contributed by atoms with Crippen LogP contribution in [0.4, 0.5) is 26.3 Å². The summed E-state index contributed by atoms with van der Waals surface area (Å²) in [6.45, 7) is 0. The zero-order valence-electron chi connectivity index (χ0n) is 9.07. The first kappa shape index (κ1) is 16.8. The maximum absolute atomic E-state index is 12.6. The van der Waals surface area contributed by atoms with Crippen LogP contribution in [0.15, 0.2) is 6.07 Å². The van der Waals surface area contributed by atoms with Gasteiger partial charge in [-0.1, -0.05) is 0 Å². The minimum Gasteiger partial charge on any atom is -0.387 e. The zero-order chi connectivity index (χ0) is 15.7. The third-order valence-corrected chi connectivity index (χ3v) is 2.38. The SMILES string of the molecule is O=C(Cl)c1cc(C(F)(F)F)c(OC(F)(F)F)nc1CCl. The number of aromatic nitrogens is 1.